The Labute approximate surface area is 148 Å². The molecule has 0 unspecified atom stereocenters. The molecule has 0 bridgehead atoms. The molecule has 1 N–H and O–H groups in total. The summed E-state index contributed by atoms with van der Waals surface area (Å²) in [5, 5.41) is 11.5. The number of likely N-dealkylation sites (N-methyl/N-ethyl adjacent to an activating group) is 1. The van der Waals surface area contributed by atoms with Gasteiger partial charge in [-0.25, -0.2) is 0 Å². The zero-order valence-electron chi connectivity index (χ0n) is 14.9. The average molecular weight is 339 g/mol. The highest BCUT2D eigenvalue weighted by molar-refractivity contribution is 5.92. The number of hydrogen-bond acceptors (Lipinski definition) is 5. The van der Waals surface area contributed by atoms with Crippen molar-refractivity contribution in [3.05, 3.63) is 47.7 Å². The highest BCUT2D eigenvalue weighted by Gasteiger charge is 2.22. The zero-order valence-corrected chi connectivity index (χ0v) is 14.9. The molecule has 0 atom stereocenters. The lowest BCUT2D eigenvalue weighted by Gasteiger charge is -2.33. The van der Waals surface area contributed by atoms with Crippen LogP contribution in [0.4, 0.5) is 11.5 Å². The minimum atomic E-state index is -0.0397. The summed E-state index contributed by atoms with van der Waals surface area (Å²) in [6.45, 7) is 8.64. The predicted octanol–water partition coefficient (Wildman–Crippen LogP) is 2.56. The van der Waals surface area contributed by atoms with Crippen molar-refractivity contribution in [2.75, 3.05) is 38.0 Å². The third-order valence-corrected chi connectivity index (χ3v) is 4.62. The molecule has 1 aliphatic rings. The fraction of sp³-hybridized carbons (Fsp3) is 0.421. The molecule has 1 aliphatic heterocycles. The predicted molar refractivity (Wildman–Crippen MR) is 99.2 cm³/mol. The van der Waals surface area contributed by atoms with Gasteiger partial charge in [0.2, 0.25) is 0 Å². The van der Waals surface area contributed by atoms with Crippen LogP contribution in [0.5, 0.6) is 0 Å². The lowest BCUT2D eigenvalue weighted by molar-refractivity contribution is 0.0636. The largest absolute Gasteiger partial charge is 0.339 e. The van der Waals surface area contributed by atoms with Crippen LogP contribution in [-0.2, 0) is 6.42 Å². The molecule has 0 radical (unpaired) electrons. The topological polar surface area (TPSA) is 61.4 Å². The summed E-state index contributed by atoms with van der Waals surface area (Å²) < 4.78 is 0. The molecule has 1 aromatic carbocycles. The molecule has 1 aromatic heterocycles. The number of aromatic nitrogens is 2. The van der Waals surface area contributed by atoms with Crippen LogP contribution in [0, 0.1) is 0 Å². The summed E-state index contributed by atoms with van der Waals surface area (Å²) in [6.07, 6.45) is 1.02. The normalized spacial score (nSPS) is 15.2. The van der Waals surface area contributed by atoms with E-state index in [1.54, 1.807) is 12.1 Å². The smallest absolute Gasteiger partial charge is 0.274 e. The van der Waals surface area contributed by atoms with Crippen molar-refractivity contribution in [3.63, 3.8) is 0 Å². The molecule has 6 nitrogen and oxygen atoms in total. The number of anilines is 2. The van der Waals surface area contributed by atoms with Gasteiger partial charge >= 0.3 is 0 Å². The molecule has 6 heteroatoms. The lowest BCUT2D eigenvalue weighted by atomic mass is 10.1. The molecular weight excluding hydrogens is 314 g/mol. The second-order valence-corrected chi connectivity index (χ2v) is 6.21. The number of nitrogens with zero attached hydrogens (tertiary/aromatic N) is 4. The van der Waals surface area contributed by atoms with Gasteiger partial charge in [-0.2, -0.15) is 0 Å². The molecule has 1 saturated heterocycles. The van der Waals surface area contributed by atoms with E-state index in [9.17, 15) is 4.79 Å². The van der Waals surface area contributed by atoms with E-state index in [2.05, 4.69) is 46.4 Å². The van der Waals surface area contributed by atoms with Gasteiger partial charge in [-0.3, -0.25) is 4.79 Å². The second-order valence-electron chi connectivity index (χ2n) is 6.21. The highest BCUT2D eigenvalue weighted by Crippen LogP contribution is 2.15. The van der Waals surface area contributed by atoms with E-state index in [-0.39, 0.29) is 5.91 Å². The summed E-state index contributed by atoms with van der Waals surface area (Å²) in [7, 11) is 0. The SMILES string of the molecule is CCc1ccc(Nc2ccc(C(=O)N3CCN(CC)CC3)nn2)cc1. The van der Waals surface area contributed by atoms with E-state index in [0.29, 0.717) is 11.5 Å². The van der Waals surface area contributed by atoms with Crippen molar-refractivity contribution in [3.8, 4) is 0 Å². The first-order chi connectivity index (χ1) is 12.2. The molecular formula is C19H25N5O. The first-order valence-electron chi connectivity index (χ1n) is 8.91. The summed E-state index contributed by atoms with van der Waals surface area (Å²) in [6, 6.07) is 11.8. The van der Waals surface area contributed by atoms with E-state index >= 15 is 0 Å². The van der Waals surface area contributed by atoms with Gasteiger partial charge in [-0.15, -0.1) is 10.2 Å². The minimum Gasteiger partial charge on any atom is -0.339 e. The van der Waals surface area contributed by atoms with Crippen molar-refractivity contribution < 1.29 is 4.79 Å². The van der Waals surface area contributed by atoms with E-state index in [1.165, 1.54) is 5.56 Å². The molecule has 2 heterocycles. The summed E-state index contributed by atoms with van der Waals surface area (Å²) in [5.74, 6) is 0.596. The Kier molecular flexibility index (Phi) is 5.60. The molecule has 0 aliphatic carbocycles. The summed E-state index contributed by atoms with van der Waals surface area (Å²) in [4.78, 5) is 16.7. The van der Waals surface area contributed by atoms with Crippen LogP contribution >= 0.6 is 0 Å². The van der Waals surface area contributed by atoms with Gasteiger partial charge in [0.05, 0.1) is 0 Å². The number of aryl methyl sites for hydroxylation is 1. The number of rotatable bonds is 5. The van der Waals surface area contributed by atoms with Crippen molar-refractivity contribution in [1.82, 2.24) is 20.0 Å². The third-order valence-electron chi connectivity index (χ3n) is 4.62. The van der Waals surface area contributed by atoms with Crippen LogP contribution in [0.1, 0.15) is 29.9 Å². The molecule has 25 heavy (non-hydrogen) atoms. The quantitative estimate of drug-likeness (QED) is 0.907. The maximum Gasteiger partial charge on any atom is 0.274 e. The fourth-order valence-corrected chi connectivity index (χ4v) is 2.91. The lowest BCUT2D eigenvalue weighted by Crippen LogP contribution is -2.48. The van der Waals surface area contributed by atoms with Gasteiger partial charge in [0.1, 0.15) is 0 Å². The van der Waals surface area contributed by atoms with Crippen molar-refractivity contribution >= 4 is 17.4 Å². The number of hydrogen-bond donors (Lipinski definition) is 1. The maximum absolute atomic E-state index is 12.5. The van der Waals surface area contributed by atoms with E-state index in [1.807, 2.05) is 17.0 Å². The van der Waals surface area contributed by atoms with Gasteiger partial charge in [0, 0.05) is 31.9 Å². The Morgan fingerprint density at radius 1 is 1.00 bits per heavy atom. The van der Waals surface area contributed by atoms with Gasteiger partial charge in [-0.1, -0.05) is 26.0 Å². The monoisotopic (exact) mass is 339 g/mol. The first kappa shape index (κ1) is 17.4. The Morgan fingerprint density at radius 2 is 1.72 bits per heavy atom. The van der Waals surface area contributed by atoms with Crippen molar-refractivity contribution in [1.29, 1.82) is 0 Å². The van der Waals surface area contributed by atoms with Crippen LogP contribution in [0.3, 0.4) is 0 Å². The minimum absolute atomic E-state index is 0.0397. The number of nitrogens with one attached hydrogen (secondary N) is 1. The molecule has 132 valence electrons. The molecule has 0 spiro atoms. The maximum atomic E-state index is 12.5. The Bertz CT molecular complexity index is 691. The number of amides is 1. The third kappa shape index (κ3) is 4.33. The van der Waals surface area contributed by atoms with E-state index in [0.717, 1.165) is 44.8 Å². The van der Waals surface area contributed by atoms with Crippen molar-refractivity contribution in [2.24, 2.45) is 0 Å². The Balaban J connectivity index is 1.60. The van der Waals surface area contributed by atoms with Crippen LogP contribution in [0.15, 0.2) is 36.4 Å². The molecule has 0 saturated carbocycles. The second kappa shape index (κ2) is 8.07. The summed E-state index contributed by atoms with van der Waals surface area (Å²) in [5.41, 5.74) is 2.65. The van der Waals surface area contributed by atoms with Crippen LogP contribution in [-0.4, -0.2) is 58.6 Å². The van der Waals surface area contributed by atoms with Crippen molar-refractivity contribution in [2.45, 2.75) is 20.3 Å². The first-order valence-corrected chi connectivity index (χ1v) is 8.91. The fourth-order valence-electron chi connectivity index (χ4n) is 2.91. The van der Waals surface area contributed by atoms with E-state index in [4.69, 9.17) is 0 Å². The Morgan fingerprint density at radius 3 is 2.28 bits per heavy atom. The van der Waals surface area contributed by atoms with Gasteiger partial charge in [0.25, 0.3) is 5.91 Å². The zero-order chi connectivity index (χ0) is 17.6. The van der Waals surface area contributed by atoms with Crippen LogP contribution in [0.25, 0.3) is 0 Å². The number of benzene rings is 1. The van der Waals surface area contributed by atoms with Crippen LogP contribution < -0.4 is 5.32 Å². The van der Waals surface area contributed by atoms with Crippen LogP contribution in [0.2, 0.25) is 0 Å². The molecule has 2 aromatic rings. The van der Waals surface area contributed by atoms with Gasteiger partial charge < -0.3 is 15.1 Å². The van der Waals surface area contributed by atoms with Gasteiger partial charge in [-0.05, 0) is 42.8 Å². The highest BCUT2D eigenvalue weighted by atomic mass is 16.2. The Hall–Kier alpha value is -2.47. The molecule has 1 fully saturated rings. The number of piperazine rings is 1. The van der Waals surface area contributed by atoms with E-state index < -0.39 is 0 Å². The standard InChI is InChI=1S/C19H25N5O/c1-3-15-5-7-16(8-6-15)20-18-10-9-17(21-22-18)19(25)24-13-11-23(4-2)12-14-24/h5-10H,3-4,11-14H2,1-2H3,(H,20,22). The molecule has 3 rings (SSSR count). The number of carbonyl (C=O) groups excluding carboxylic acids is 1. The van der Waals surface area contributed by atoms with Gasteiger partial charge in [0.15, 0.2) is 11.5 Å². The summed E-state index contributed by atoms with van der Waals surface area (Å²) >= 11 is 0. The average Bonchev–Trinajstić information content (AvgIpc) is 2.69. The molecule has 1 amide bonds. The number of carbonyl (C=O) groups is 1.